The topological polar surface area (TPSA) is 113 Å². The van der Waals surface area contributed by atoms with E-state index in [2.05, 4.69) is 4.98 Å². The lowest BCUT2D eigenvalue weighted by molar-refractivity contribution is -0.384. The molecule has 8 heteroatoms. The minimum Gasteiger partial charge on any atom is -0.462 e. The summed E-state index contributed by atoms with van der Waals surface area (Å²) in [6.07, 6.45) is 0. The second-order valence-corrected chi connectivity index (χ2v) is 5.06. The van der Waals surface area contributed by atoms with Gasteiger partial charge in [-0.25, -0.2) is 9.78 Å². The molecule has 0 unspecified atom stereocenters. The molecule has 0 fully saturated rings. The maximum atomic E-state index is 12.6. The van der Waals surface area contributed by atoms with Gasteiger partial charge in [0.1, 0.15) is 5.58 Å². The van der Waals surface area contributed by atoms with Crippen LogP contribution in [0.2, 0.25) is 0 Å². The number of carbonyl (C=O) groups is 1. The van der Waals surface area contributed by atoms with Gasteiger partial charge in [-0.2, -0.15) is 0 Å². The van der Waals surface area contributed by atoms with Crippen LogP contribution in [-0.4, -0.2) is 22.5 Å². The van der Waals surface area contributed by atoms with Crippen LogP contribution in [0.5, 0.6) is 0 Å². The van der Waals surface area contributed by atoms with Crippen molar-refractivity contribution < 1.29 is 18.9 Å². The molecule has 0 aliphatic heterocycles. The molecular formula is C16H12N2O6. The Bertz CT molecular complexity index is 1050. The molecule has 0 aliphatic rings. The van der Waals surface area contributed by atoms with Gasteiger partial charge in [0.2, 0.25) is 11.1 Å². The summed E-state index contributed by atoms with van der Waals surface area (Å²) in [6, 6.07) is 5.09. The molecule has 0 N–H and O–H groups in total. The fourth-order valence-corrected chi connectivity index (χ4v) is 2.39. The molecule has 0 spiro atoms. The summed E-state index contributed by atoms with van der Waals surface area (Å²) in [4.78, 5) is 39.0. The number of ether oxygens (including phenoxy) is 1. The van der Waals surface area contributed by atoms with Crippen LogP contribution >= 0.6 is 0 Å². The molecule has 2 heterocycles. The zero-order valence-corrected chi connectivity index (χ0v) is 12.9. The second-order valence-electron chi connectivity index (χ2n) is 5.06. The number of esters is 1. The fourth-order valence-electron chi connectivity index (χ4n) is 2.39. The highest BCUT2D eigenvalue weighted by Gasteiger charge is 2.18. The van der Waals surface area contributed by atoms with Gasteiger partial charge in [0.25, 0.3) is 5.69 Å². The Morgan fingerprint density at radius 2 is 2.08 bits per heavy atom. The van der Waals surface area contributed by atoms with Gasteiger partial charge in [-0.3, -0.25) is 14.9 Å². The number of rotatable bonds is 3. The van der Waals surface area contributed by atoms with Crippen molar-refractivity contribution in [1.29, 1.82) is 0 Å². The summed E-state index contributed by atoms with van der Waals surface area (Å²) in [6.45, 7) is 3.46. The number of pyridine rings is 1. The van der Waals surface area contributed by atoms with Crippen molar-refractivity contribution in [3.8, 4) is 0 Å². The maximum absolute atomic E-state index is 12.6. The maximum Gasteiger partial charge on any atom is 0.339 e. The van der Waals surface area contributed by atoms with Crippen LogP contribution in [0.3, 0.4) is 0 Å². The summed E-state index contributed by atoms with van der Waals surface area (Å²) in [5.41, 5.74) is 0.0559. The summed E-state index contributed by atoms with van der Waals surface area (Å²) in [5.74, 6) is -0.595. The van der Waals surface area contributed by atoms with Crippen LogP contribution < -0.4 is 5.43 Å². The Morgan fingerprint density at radius 3 is 2.75 bits per heavy atom. The Hall–Kier alpha value is -3.29. The van der Waals surface area contributed by atoms with E-state index >= 15 is 0 Å². The predicted octanol–water partition coefficient (Wildman–Crippen LogP) is 2.73. The zero-order chi connectivity index (χ0) is 17.4. The third kappa shape index (κ3) is 2.47. The van der Waals surface area contributed by atoms with E-state index < -0.39 is 16.3 Å². The van der Waals surface area contributed by atoms with Crippen LogP contribution in [0, 0.1) is 17.0 Å². The summed E-state index contributed by atoms with van der Waals surface area (Å²) in [7, 11) is 0. The molecular weight excluding hydrogens is 316 g/mol. The first kappa shape index (κ1) is 15.6. The van der Waals surface area contributed by atoms with Gasteiger partial charge in [-0.05, 0) is 26.0 Å². The third-order valence-corrected chi connectivity index (χ3v) is 3.54. The molecule has 1 aromatic carbocycles. The number of nitro groups is 1. The number of nitrogens with zero attached hydrogens (tertiary/aromatic N) is 2. The van der Waals surface area contributed by atoms with E-state index in [1.165, 1.54) is 18.2 Å². The van der Waals surface area contributed by atoms with E-state index in [0.717, 1.165) is 6.07 Å². The molecule has 0 aliphatic carbocycles. The minimum atomic E-state index is -0.597. The third-order valence-electron chi connectivity index (χ3n) is 3.54. The number of aromatic nitrogens is 1. The Labute approximate surface area is 134 Å². The molecule has 8 nitrogen and oxygen atoms in total. The van der Waals surface area contributed by atoms with Crippen molar-refractivity contribution >= 4 is 33.7 Å². The van der Waals surface area contributed by atoms with Crippen molar-refractivity contribution in [2.45, 2.75) is 13.8 Å². The summed E-state index contributed by atoms with van der Waals surface area (Å²) in [5, 5.41) is 11.0. The van der Waals surface area contributed by atoms with E-state index in [1.807, 2.05) is 0 Å². The van der Waals surface area contributed by atoms with Crippen molar-refractivity contribution in [3.05, 3.63) is 55.9 Å². The number of hydrogen-bond acceptors (Lipinski definition) is 7. The van der Waals surface area contributed by atoms with E-state index in [0.29, 0.717) is 5.69 Å². The lowest BCUT2D eigenvalue weighted by Gasteiger charge is -2.07. The van der Waals surface area contributed by atoms with Crippen molar-refractivity contribution in [2.24, 2.45) is 0 Å². The number of fused-ring (bicyclic) bond motifs is 2. The average molecular weight is 328 g/mol. The van der Waals surface area contributed by atoms with E-state index in [-0.39, 0.29) is 39.9 Å². The summed E-state index contributed by atoms with van der Waals surface area (Å²) < 4.78 is 10.5. The van der Waals surface area contributed by atoms with Gasteiger partial charge in [0.15, 0.2) is 0 Å². The Kier molecular flexibility index (Phi) is 3.72. The number of non-ortho nitro benzene ring substituents is 1. The van der Waals surface area contributed by atoms with Gasteiger partial charge < -0.3 is 9.15 Å². The molecule has 0 saturated heterocycles. The van der Waals surface area contributed by atoms with Crippen molar-refractivity contribution in [2.75, 3.05) is 6.61 Å². The SMILES string of the molecule is CCOC(=O)c1cc2c(=O)c3cc([N+](=O)[O-])ccc3oc2nc1C. The number of aryl methyl sites for hydroxylation is 1. The van der Waals surface area contributed by atoms with Crippen LogP contribution in [0.4, 0.5) is 5.69 Å². The molecule has 3 aromatic rings. The first-order chi connectivity index (χ1) is 11.4. The highest BCUT2D eigenvalue weighted by Crippen LogP contribution is 2.23. The molecule has 0 atom stereocenters. The van der Waals surface area contributed by atoms with Gasteiger partial charge in [0, 0.05) is 12.1 Å². The average Bonchev–Trinajstić information content (AvgIpc) is 2.54. The van der Waals surface area contributed by atoms with Gasteiger partial charge in [-0.1, -0.05) is 0 Å². The van der Waals surface area contributed by atoms with Crippen molar-refractivity contribution in [1.82, 2.24) is 4.98 Å². The van der Waals surface area contributed by atoms with Gasteiger partial charge >= 0.3 is 5.97 Å². The molecule has 0 bridgehead atoms. The van der Waals surface area contributed by atoms with E-state index in [9.17, 15) is 19.7 Å². The molecule has 2 aromatic heterocycles. The molecule has 122 valence electrons. The first-order valence-corrected chi connectivity index (χ1v) is 7.12. The first-order valence-electron chi connectivity index (χ1n) is 7.12. The highest BCUT2D eigenvalue weighted by atomic mass is 16.6. The smallest absolute Gasteiger partial charge is 0.339 e. The molecule has 24 heavy (non-hydrogen) atoms. The van der Waals surface area contributed by atoms with Crippen LogP contribution in [0.25, 0.3) is 22.1 Å². The second kappa shape index (κ2) is 5.73. The molecule has 0 amide bonds. The van der Waals surface area contributed by atoms with Gasteiger partial charge in [0.05, 0.1) is 33.6 Å². The zero-order valence-electron chi connectivity index (χ0n) is 12.9. The predicted molar refractivity (Wildman–Crippen MR) is 85.1 cm³/mol. The number of nitro benzene ring substituents is 1. The quantitative estimate of drug-likeness (QED) is 0.314. The summed E-state index contributed by atoms with van der Waals surface area (Å²) >= 11 is 0. The molecule has 0 radical (unpaired) electrons. The lowest BCUT2D eigenvalue weighted by Crippen LogP contribution is -2.11. The Morgan fingerprint density at radius 1 is 1.33 bits per heavy atom. The number of benzene rings is 1. The lowest BCUT2D eigenvalue weighted by atomic mass is 10.1. The molecule has 3 rings (SSSR count). The normalized spacial score (nSPS) is 10.9. The van der Waals surface area contributed by atoms with Gasteiger partial charge in [-0.15, -0.1) is 0 Å². The van der Waals surface area contributed by atoms with Crippen molar-refractivity contribution in [3.63, 3.8) is 0 Å². The van der Waals surface area contributed by atoms with Crippen LogP contribution in [-0.2, 0) is 4.74 Å². The Balaban J connectivity index is 2.33. The highest BCUT2D eigenvalue weighted by molar-refractivity contribution is 5.96. The van der Waals surface area contributed by atoms with Crippen LogP contribution in [0.15, 0.2) is 33.5 Å². The standard InChI is InChI=1S/C16H12N2O6/c1-3-23-16(20)10-7-12-14(19)11-6-9(18(21)22)4-5-13(11)24-15(12)17-8(10)2/h4-7H,3H2,1-2H3. The van der Waals surface area contributed by atoms with Crippen LogP contribution in [0.1, 0.15) is 23.0 Å². The number of hydrogen-bond donors (Lipinski definition) is 0. The van der Waals surface area contributed by atoms with E-state index in [1.54, 1.807) is 13.8 Å². The largest absolute Gasteiger partial charge is 0.462 e. The minimum absolute atomic E-state index is 0.0529. The fraction of sp³-hybridized carbons (Fsp3) is 0.188. The molecule has 0 saturated carbocycles. The van der Waals surface area contributed by atoms with E-state index in [4.69, 9.17) is 9.15 Å². The monoisotopic (exact) mass is 328 g/mol. The number of carbonyl (C=O) groups excluding carboxylic acids is 1.